The van der Waals surface area contributed by atoms with Crippen LogP contribution in [-0.2, 0) is 4.79 Å². The Morgan fingerprint density at radius 1 is 1.19 bits per heavy atom. The van der Waals surface area contributed by atoms with Gasteiger partial charge in [0, 0.05) is 24.0 Å². The molecule has 136 valence electrons. The molecule has 0 aliphatic heterocycles. The van der Waals surface area contributed by atoms with E-state index in [2.05, 4.69) is 15.3 Å². The number of ether oxygens (including phenoxy) is 1. The fourth-order valence-electron chi connectivity index (χ4n) is 2.43. The first-order valence-electron chi connectivity index (χ1n) is 8.39. The lowest BCUT2D eigenvalue weighted by atomic mass is 10.1. The van der Waals surface area contributed by atoms with Gasteiger partial charge in [-0.1, -0.05) is 30.3 Å². The lowest BCUT2D eigenvalue weighted by Crippen LogP contribution is -2.24. The minimum Gasteiger partial charge on any atom is -0.437 e. The van der Waals surface area contributed by atoms with Crippen molar-refractivity contribution in [1.29, 1.82) is 0 Å². The van der Waals surface area contributed by atoms with Gasteiger partial charge in [-0.2, -0.15) is 0 Å². The Morgan fingerprint density at radius 3 is 2.81 bits per heavy atom. The van der Waals surface area contributed by atoms with Gasteiger partial charge in [0.1, 0.15) is 11.6 Å². The van der Waals surface area contributed by atoms with Crippen molar-refractivity contribution < 1.29 is 13.9 Å². The minimum absolute atomic E-state index is 0.256. The molecule has 3 rings (SSSR count). The summed E-state index contributed by atoms with van der Waals surface area (Å²) in [7, 11) is 0. The molecule has 1 amide bonds. The molecule has 0 aliphatic carbocycles. The van der Waals surface area contributed by atoms with Gasteiger partial charge in [-0.05, 0) is 36.8 Å². The van der Waals surface area contributed by atoms with E-state index in [0.717, 1.165) is 5.56 Å². The number of aromatic nitrogens is 2. The fraction of sp³-hybridized carbons (Fsp3) is 0.0952. The van der Waals surface area contributed by atoms with Gasteiger partial charge >= 0.3 is 0 Å². The Bertz CT molecular complexity index is 945. The largest absolute Gasteiger partial charge is 0.437 e. The summed E-state index contributed by atoms with van der Waals surface area (Å²) in [6, 6.07) is 13.3. The zero-order valence-electron chi connectivity index (χ0n) is 14.7. The van der Waals surface area contributed by atoms with Crippen LogP contribution in [0.1, 0.15) is 24.1 Å². The molecular weight excluding hydrogens is 345 g/mol. The molecule has 6 heteroatoms. The van der Waals surface area contributed by atoms with Gasteiger partial charge in [-0.3, -0.25) is 9.78 Å². The van der Waals surface area contributed by atoms with Gasteiger partial charge in [0.05, 0.1) is 12.2 Å². The van der Waals surface area contributed by atoms with Crippen LogP contribution >= 0.6 is 0 Å². The first-order valence-corrected chi connectivity index (χ1v) is 8.39. The molecule has 1 N–H and O–H groups in total. The van der Waals surface area contributed by atoms with E-state index in [9.17, 15) is 9.18 Å². The Balaban J connectivity index is 1.63. The summed E-state index contributed by atoms with van der Waals surface area (Å²) >= 11 is 0. The number of halogens is 1. The molecule has 0 saturated heterocycles. The summed E-state index contributed by atoms with van der Waals surface area (Å²) in [6.07, 6.45) is 7.39. The van der Waals surface area contributed by atoms with Crippen molar-refractivity contribution in [3.05, 3.63) is 90.1 Å². The number of hydrogen-bond donors (Lipinski definition) is 1. The van der Waals surface area contributed by atoms with Crippen molar-refractivity contribution >= 4 is 12.0 Å². The number of rotatable bonds is 6. The lowest BCUT2D eigenvalue weighted by molar-refractivity contribution is -0.117. The topological polar surface area (TPSA) is 64.1 Å². The van der Waals surface area contributed by atoms with Crippen LogP contribution in [0.15, 0.2) is 73.2 Å². The van der Waals surface area contributed by atoms with E-state index in [4.69, 9.17) is 4.74 Å². The van der Waals surface area contributed by atoms with Crippen molar-refractivity contribution in [1.82, 2.24) is 15.3 Å². The molecule has 5 nitrogen and oxygen atoms in total. The molecular formula is C21H18FN3O2. The number of benzene rings is 2. The molecule has 0 saturated carbocycles. The number of carbonyl (C=O) groups is 1. The van der Waals surface area contributed by atoms with Crippen LogP contribution in [-0.4, -0.2) is 15.9 Å². The Labute approximate surface area is 156 Å². The molecule has 0 spiro atoms. The van der Waals surface area contributed by atoms with Crippen molar-refractivity contribution in [3.63, 3.8) is 0 Å². The molecule has 1 unspecified atom stereocenters. The average molecular weight is 363 g/mol. The average Bonchev–Trinajstić information content (AvgIpc) is 2.68. The predicted octanol–water partition coefficient (Wildman–Crippen LogP) is 4.30. The summed E-state index contributed by atoms with van der Waals surface area (Å²) in [5.74, 6) is 0.296. The second-order valence-electron chi connectivity index (χ2n) is 5.80. The molecule has 0 aliphatic rings. The third-order valence-electron chi connectivity index (χ3n) is 3.80. The quantitative estimate of drug-likeness (QED) is 0.663. The highest BCUT2D eigenvalue weighted by atomic mass is 19.1. The molecule has 0 radical (unpaired) electrons. The molecule has 2 aromatic carbocycles. The van der Waals surface area contributed by atoms with E-state index in [0.29, 0.717) is 17.2 Å². The monoisotopic (exact) mass is 363 g/mol. The highest BCUT2D eigenvalue weighted by Gasteiger charge is 2.09. The summed E-state index contributed by atoms with van der Waals surface area (Å²) in [5, 5.41) is 2.85. The lowest BCUT2D eigenvalue weighted by Gasteiger charge is -2.14. The van der Waals surface area contributed by atoms with Crippen molar-refractivity contribution in [2.75, 3.05) is 0 Å². The second-order valence-corrected chi connectivity index (χ2v) is 5.80. The van der Waals surface area contributed by atoms with E-state index in [1.807, 2.05) is 25.1 Å². The number of amides is 1. The highest BCUT2D eigenvalue weighted by Crippen LogP contribution is 2.23. The van der Waals surface area contributed by atoms with E-state index in [1.54, 1.807) is 36.7 Å². The number of hydrogen-bond acceptors (Lipinski definition) is 4. The van der Waals surface area contributed by atoms with Crippen LogP contribution in [0.3, 0.4) is 0 Å². The zero-order chi connectivity index (χ0) is 19.1. The van der Waals surface area contributed by atoms with E-state index in [1.165, 1.54) is 24.4 Å². The van der Waals surface area contributed by atoms with Gasteiger partial charge in [0.25, 0.3) is 0 Å². The third kappa shape index (κ3) is 5.22. The first kappa shape index (κ1) is 18.3. The molecule has 1 aromatic heterocycles. The summed E-state index contributed by atoms with van der Waals surface area (Å²) < 4.78 is 19.2. The smallest absolute Gasteiger partial charge is 0.244 e. The van der Waals surface area contributed by atoms with Gasteiger partial charge in [-0.15, -0.1) is 0 Å². The molecule has 0 bridgehead atoms. The van der Waals surface area contributed by atoms with Crippen LogP contribution in [0.25, 0.3) is 6.08 Å². The van der Waals surface area contributed by atoms with Gasteiger partial charge < -0.3 is 10.1 Å². The highest BCUT2D eigenvalue weighted by molar-refractivity contribution is 5.92. The molecule has 27 heavy (non-hydrogen) atoms. The van der Waals surface area contributed by atoms with Gasteiger partial charge in [0.2, 0.25) is 11.8 Å². The first-order chi connectivity index (χ1) is 13.1. The maximum absolute atomic E-state index is 13.6. The number of nitrogens with zero attached hydrogens (tertiary/aromatic N) is 2. The Morgan fingerprint density at radius 2 is 2.04 bits per heavy atom. The zero-order valence-corrected chi connectivity index (χ0v) is 14.7. The molecule has 1 atom stereocenters. The maximum Gasteiger partial charge on any atom is 0.244 e. The molecule has 0 fully saturated rings. The molecule has 1 heterocycles. The summed E-state index contributed by atoms with van der Waals surface area (Å²) in [5.41, 5.74) is 1.23. The van der Waals surface area contributed by atoms with Gasteiger partial charge in [0.15, 0.2) is 0 Å². The van der Waals surface area contributed by atoms with Crippen LogP contribution in [0, 0.1) is 5.82 Å². The normalized spacial score (nSPS) is 11.9. The fourth-order valence-corrected chi connectivity index (χ4v) is 2.43. The number of carbonyl (C=O) groups excluding carboxylic acids is 1. The van der Waals surface area contributed by atoms with Crippen LogP contribution < -0.4 is 10.1 Å². The molecule has 3 aromatic rings. The maximum atomic E-state index is 13.6. The number of nitrogens with one attached hydrogen (secondary N) is 1. The summed E-state index contributed by atoms with van der Waals surface area (Å²) in [4.78, 5) is 20.1. The van der Waals surface area contributed by atoms with E-state index in [-0.39, 0.29) is 17.8 Å². The predicted molar refractivity (Wildman–Crippen MR) is 101 cm³/mol. The van der Waals surface area contributed by atoms with Crippen molar-refractivity contribution in [2.45, 2.75) is 13.0 Å². The van der Waals surface area contributed by atoms with Gasteiger partial charge in [-0.25, -0.2) is 9.37 Å². The summed E-state index contributed by atoms with van der Waals surface area (Å²) in [6.45, 7) is 1.86. The minimum atomic E-state index is -0.372. The van der Waals surface area contributed by atoms with Crippen LogP contribution in [0.5, 0.6) is 11.6 Å². The third-order valence-corrected chi connectivity index (χ3v) is 3.80. The van der Waals surface area contributed by atoms with E-state index >= 15 is 0 Å². The Hall–Kier alpha value is -3.54. The Kier molecular flexibility index (Phi) is 5.89. The van der Waals surface area contributed by atoms with Crippen LogP contribution in [0.2, 0.25) is 0 Å². The van der Waals surface area contributed by atoms with Crippen LogP contribution in [0.4, 0.5) is 4.39 Å². The second kappa shape index (κ2) is 8.71. The standard InChI is InChI=1S/C21H18FN3O2/c1-15(25-20(26)10-9-16-5-2-3-8-19(16)22)17-6-4-7-18(13-17)27-21-14-23-11-12-24-21/h2-15H,1H3,(H,25,26). The SMILES string of the molecule is CC(NC(=O)C=Cc1ccccc1F)c1cccc(Oc2cnccn2)c1. The van der Waals surface area contributed by atoms with Crippen molar-refractivity contribution in [2.24, 2.45) is 0 Å². The van der Waals surface area contributed by atoms with E-state index < -0.39 is 0 Å². The van der Waals surface area contributed by atoms with Crippen molar-refractivity contribution in [3.8, 4) is 11.6 Å².